The molecular weight excluding hydrogens is 162 g/mol. The molecule has 0 saturated carbocycles. The van der Waals surface area contributed by atoms with Crippen LogP contribution in [0.15, 0.2) is 37.1 Å². The van der Waals surface area contributed by atoms with Crippen LogP contribution in [0.1, 0.15) is 18.5 Å². The Labute approximate surface area is 78.9 Å². The van der Waals surface area contributed by atoms with E-state index in [1.807, 2.05) is 18.2 Å². The fourth-order valence-corrected chi connectivity index (χ4v) is 1.17. The van der Waals surface area contributed by atoms with E-state index in [9.17, 15) is 5.11 Å². The van der Waals surface area contributed by atoms with Gasteiger partial charge in [-0.1, -0.05) is 12.1 Å². The molecule has 0 bridgehead atoms. The van der Waals surface area contributed by atoms with Crippen LogP contribution in [0, 0.1) is 0 Å². The fraction of sp³-hybridized carbons (Fsp3) is 0.364. The average Bonchev–Trinajstić information content (AvgIpc) is 2.17. The molecule has 1 N–H and O–H groups in total. The lowest BCUT2D eigenvalue weighted by atomic mass is 10.1. The average molecular weight is 177 g/mol. The van der Waals surface area contributed by atoms with Crippen molar-refractivity contribution in [2.75, 3.05) is 0 Å². The van der Waals surface area contributed by atoms with Gasteiger partial charge >= 0.3 is 0 Å². The first-order valence-corrected chi connectivity index (χ1v) is 4.52. The Hall–Kier alpha value is -1.15. The summed E-state index contributed by atoms with van der Waals surface area (Å²) in [6.07, 6.45) is 5.48. The van der Waals surface area contributed by atoms with Gasteiger partial charge in [0, 0.05) is 11.9 Å². The zero-order chi connectivity index (χ0) is 9.52. The number of hydrogen-bond donors (Lipinski definition) is 1. The monoisotopic (exact) mass is 177 g/mol. The molecule has 1 unspecified atom stereocenters. The Balaban J connectivity index is 2.30. The van der Waals surface area contributed by atoms with Gasteiger partial charge in [0.1, 0.15) is 0 Å². The zero-order valence-electron chi connectivity index (χ0n) is 7.69. The van der Waals surface area contributed by atoms with Crippen molar-refractivity contribution in [2.45, 2.75) is 25.4 Å². The van der Waals surface area contributed by atoms with Crippen molar-refractivity contribution in [1.82, 2.24) is 4.98 Å². The van der Waals surface area contributed by atoms with E-state index >= 15 is 0 Å². The molecule has 0 fully saturated rings. The molecule has 0 aliphatic rings. The number of aromatic nitrogens is 1. The molecule has 0 saturated heterocycles. The van der Waals surface area contributed by atoms with Gasteiger partial charge in [-0.05, 0) is 31.4 Å². The molecule has 0 aliphatic heterocycles. The maximum Gasteiger partial charge on any atom is 0.0578 e. The number of rotatable bonds is 5. The van der Waals surface area contributed by atoms with Crippen LogP contribution in [0.25, 0.3) is 0 Å². The summed E-state index contributed by atoms with van der Waals surface area (Å²) in [5.74, 6) is 0. The molecule has 0 aliphatic carbocycles. The van der Waals surface area contributed by atoms with Crippen LogP contribution in [-0.2, 0) is 6.42 Å². The molecule has 0 aromatic carbocycles. The smallest absolute Gasteiger partial charge is 0.0578 e. The van der Waals surface area contributed by atoms with Gasteiger partial charge in [-0.15, -0.1) is 6.58 Å². The van der Waals surface area contributed by atoms with E-state index in [4.69, 9.17) is 0 Å². The number of aliphatic hydroxyl groups excluding tert-OH is 1. The molecule has 1 aromatic heterocycles. The molecule has 0 spiro atoms. The molecule has 1 atom stereocenters. The minimum atomic E-state index is -0.278. The third-order valence-electron chi connectivity index (χ3n) is 1.90. The minimum absolute atomic E-state index is 0.278. The first-order valence-electron chi connectivity index (χ1n) is 4.52. The van der Waals surface area contributed by atoms with Crippen LogP contribution in [-0.4, -0.2) is 16.2 Å². The lowest BCUT2D eigenvalue weighted by Gasteiger charge is -2.06. The second-order valence-electron chi connectivity index (χ2n) is 3.04. The van der Waals surface area contributed by atoms with Crippen molar-refractivity contribution >= 4 is 0 Å². The predicted octanol–water partition coefficient (Wildman–Crippen LogP) is 1.95. The molecule has 70 valence electrons. The van der Waals surface area contributed by atoms with Crippen LogP contribution in [0.5, 0.6) is 0 Å². The van der Waals surface area contributed by atoms with E-state index in [0.29, 0.717) is 6.42 Å². The first-order chi connectivity index (χ1) is 6.33. The number of hydrogen-bond acceptors (Lipinski definition) is 2. The molecule has 2 heteroatoms. The van der Waals surface area contributed by atoms with Crippen LogP contribution in [0.2, 0.25) is 0 Å². The molecule has 1 aromatic rings. The molecule has 2 nitrogen and oxygen atoms in total. The second-order valence-corrected chi connectivity index (χ2v) is 3.04. The molecule has 1 rings (SSSR count). The Bertz CT molecular complexity index is 246. The van der Waals surface area contributed by atoms with E-state index < -0.39 is 0 Å². The van der Waals surface area contributed by atoms with Gasteiger partial charge in [0.2, 0.25) is 0 Å². The van der Waals surface area contributed by atoms with Gasteiger partial charge in [-0.25, -0.2) is 0 Å². The topological polar surface area (TPSA) is 33.1 Å². The van der Waals surface area contributed by atoms with Crippen molar-refractivity contribution in [1.29, 1.82) is 0 Å². The highest BCUT2D eigenvalue weighted by Crippen LogP contribution is 2.04. The number of aryl methyl sites for hydroxylation is 1. The van der Waals surface area contributed by atoms with Gasteiger partial charge in [0.15, 0.2) is 0 Å². The van der Waals surface area contributed by atoms with Crippen LogP contribution in [0.4, 0.5) is 0 Å². The molecular formula is C11H15NO. The molecule has 1 heterocycles. The summed E-state index contributed by atoms with van der Waals surface area (Å²) in [6, 6.07) is 5.83. The standard InChI is InChI=1S/C11H15NO/c1-2-5-11(13)8-7-10-6-3-4-9-12-10/h2-4,6,9,11,13H,1,5,7-8H2. The van der Waals surface area contributed by atoms with Crippen molar-refractivity contribution in [3.05, 3.63) is 42.7 Å². The van der Waals surface area contributed by atoms with E-state index in [1.54, 1.807) is 12.3 Å². The van der Waals surface area contributed by atoms with E-state index in [0.717, 1.165) is 18.5 Å². The summed E-state index contributed by atoms with van der Waals surface area (Å²) >= 11 is 0. The van der Waals surface area contributed by atoms with E-state index in [1.165, 1.54) is 0 Å². The maximum absolute atomic E-state index is 9.41. The quantitative estimate of drug-likeness (QED) is 0.697. The Morgan fingerprint density at radius 3 is 3.00 bits per heavy atom. The summed E-state index contributed by atoms with van der Waals surface area (Å²) < 4.78 is 0. The Morgan fingerprint density at radius 1 is 1.54 bits per heavy atom. The number of nitrogens with zero attached hydrogens (tertiary/aromatic N) is 1. The Kier molecular flexibility index (Phi) is 4.19. The van der Waals surface area contributed by atoms with Gasteiger partial charge in [-0.2, -0.15) is 0 Å². The fourth-order valence-electron chi connectivity index (χ4n) is 1.17. The normalized spacial score (nSPS) is 12.4. The lowest BCUT2D eigenvalue weighted by molar-refractivity contribution is 0.168. The third kappa shape index (κ3) is 3.85. The largest absolute Gasteiger partial charge is 0.393 e. The minimum Gasteiger partial charge on any atom is -0.393 e. The van der Waals surface area contributed by atoms with Crippen molar-refractivity contribution in [3.8, 4) is 0 Å². The van der Waals surface area contributed by atoms with E-state index in [-0.39, 0.29) is 6.10 Å². The van der Waals surface area contributed by atoms with Crippen LogP contribution in [0.3, 0.4) is 0 Å². The maximum atomic E-state index is 9.41. The first kappa shape index (κ1) is 9.93. The van der Waals surface area contributed by atoms with Gasteiger partial charge in [-0.3, -0.25) is 4.98 Å². The Morgan fingerprint density at radius 2 is 2.38 bits per heavy atom. The van der Waals surface area contributed by atoms with Crippen LogP contribution >= 0.6 is 0 Å². The van der Waals surface area contributed by atoms with Gasteiger partial charge in [0.05, 0.1) is 6.10 Å². The van der Waals surface area contributed by atoms with Gasteiger partial charge in [0.25, 0.3) is 0 Å². The molecule has 13 heavy (non-hydrogen) atoms. The predicted molar refractivity (Wildman–Crippen MR) is 53.4 cm³/mol. The number of aliphatic hydroxyl groups is 1. The third-order valence-corrected chi connectivity index (χ3v) is 1.90. The SMILES string of the molecule is C=CCC(O)CCc1ccccn1. The summed E-state index contributed by atoms with van der Waals surface area (Å²) in [6.45, 7) is 3.58. The number of pyridine rings is 1. The molecule has 0 amide bonds. The van der Waals surface area contributed by atoms with E-state index in [2.05, 4.69) is 11.6 Å². The summed E-state index contributed by atoms with van der Waals surface area (Å²) in [4.78, 5) is 4.17. The highest BCUT2D eigenvalue weighted by Gasteiger charge is 2.01. The second kappa shape index (κ2) is 5.49. The summed E-state index contributed by atoms with van der Waals surface area (Å²) in [5, 5.41) is 9.41. The van der Waals surface area contributed by atoms with Crippen molar-refractivity contribution in [2.24, 2.45) is 0 Å². The van der Waals surface area contributed by atoms with Crippen molar-refractivity contribution in [3.63, 3.8) is 0 Å². The molecule has 0 radical (unpaired) electrons. The van der Waals surface area contributed by atoms with Crippen molar-refractivity contribution < 1.29 is 5.11 Å². The van der Waals surface area contributed by atoms with Crippen LogP contribution < -0.4 is 0 Å². The lowest BCUT2D eigenvalue weighted by Crippen LogP contribution is -2.06. The zero-order valence-corrected chi connectivity index (χ0v) is 7.69. The summed E-state index contributed by atoms with van der Waals surface area (Å²) in [7, 11) is 0. The highest BCUT2D eigenvalue weighted by atomic mass is 16.3. The highest BCUT2D eigenvalue weighted by molar-refractivity contribution is 5.03. The van der Waals surface area contributed by atoms with Gasteiger partial charge < -0.3 is 5.11 Å². The summed E-state index contributed by atoms with van der Waals surface area (Å²) in [5.41, 5.74) is 1.03.